The van der Waals surface area contributed by atoms with E-state index in [2.05, 4.69) is 20.9 Å². The van der Waals surface area contributed by atoms with Crippen molar-refractivity contribution in [1.82, 2.24) is 15.6 Å². The minimum Gasteiger partial charge on any atom is -0.352 e. The van der Waals surface area contributed by atoms with Gasteiger partial charge in [0.1, 0.15) is 0 Å². The number of hydrogen-bond donors (Lipinski definition) is 3. The first-order valence-electron chi connectivity index (χ1n) is 8.51. The van der Waals surface area contributed by atoms with Gasteiger partial charge in [-0.25, -0.2) is 0 Å². The third-order valence-electron chi connectivity index (χ3n) is 4.30. The molecule has 1 fully saturated rings. The Morgan fingerprint density at radius 2 is 1.88 bits per heavy atom. The molecule has 1 aromatic carbocycles. The number of carbonyl (C=O) groups is 2. The van der Waals surface area contributed by atoms with E-state index >= 15 is 0 Å². The number of rotatable bonds is 5. The lowest BCUT2D eigenvalue weighted by molar-refractivity contribution is -0.125. The summed E-state index contributed by atoms with van der Waals surface area (Å²) in [4.78, 5) is 28.3. The fourth-order valence-electron chi connectivity index (χ4n) is 2.88. The molecule has 1 aliphatic rings. The highest BCUT2D eigenvalue weighted by Gasteiger charge is 2.20. The van der Waals surface area contributed by atoms with E-state index in [1.165, 1.54) is 0 Å². The highest BCUT2D eigenvalue weighted by molar-refractivity contribution is 6.04. The van der Waals surface area contributed by atoms with Crippen molar-refractivity contribution in [3.8, 4) is 0 Å². The summed E-state index contributed by atoms with van der Waals surface area (Å²) in [6, 6.07) is 10.8. The molecule has 2 amide bonds. The summed E-state index contributed by atoms with van der Waals surface area (Å²) >= 11 is 0. The molecule has 0 aliphatic carbocycles. The highest BCUT2D eigenvalue weighted by atomic mass is 16.2. The van der Waals surface area contributed by atoms with Gasteiger partial charge in [-0.3, -0.25) is 14.6 Å². The Labute approximate surface area is 147 Å². The lowest BCUT2D eigenvalue weighted by Gasteiger charge is -2.21. The summed E-state index contributed by atoms with van der Waals surface area (Å²) in [6.07, 6.45) is 4.94. The van der Waals surface area contributed by atoms with Crippen LogP contribution in [0.2, 0.25) is 0 Å². The zero-order valence-corrected chi connectivity index (χ0v) is 14.0. The number of pyridine rings is 1. The maximum atomic E-state index is 12.2. The Balaban J connectivity index is 1.56. The van der Waals surface area contributed by atoms with Gasteiger partial charge < -0.3 is 16.0 Å². The van der Waals surface area contributed by atoms with Gasteiger partial charge in [0.2, 0.25) is 5.91 Å². The van der Waals surface area contributed by atoms with Crippen LogP contribution in [0.15, 0.2) is 48.8 Å². The topological polar surface area (TPSA) is 83.1 Å². The number of carbonyl (C=O) groups excluding carboxylic acids is 2. The first-order valence-corrected chi connectivity index (χ1v) is 8.51. The molecule has 6 heteroatoms. The number of aromatic nitrogens is 1. The van der Waals surface area contributed by atoms with Crippen molar-refractivity contribution in [3.05, 3.63) is 59.9 Å². The third-order valence-corrected chi connectivity index (χ3v) is 4.30. The van der Waals surface area contributed by atoms with Gasteiger partial charge in [0.15, 0.2) is 0 Å². The van der Waals surface area contributed by atoms with Crippen LogP contribution in [-0.2, 0) is 11.3 Å². The summed E-state index contributed by atoms with van der Waals surface area (Å²) in [5.41, 5.74) is 2.21. The lowest BCUT2D eigenvalue weighted by atomic mass is 9.97. The first kappa shape index (κ1) is 17.1. The minimum absolute atomic E-state index is 0.0934. The number of benzene rings is 1. The van der Waals surface area contributed by atoms with E-state index in [1.807, 2.05) is 24.3 Å². The molecule has 6 nitrogen and oxygen atoms in total. The Bertz CT molecular complexity index is 727. The van der Waals surface area contributed by atoms with Crippen molar-refractivity contribution in [2.45, 2.75) is 19.4 Å². The Morgan fingerprint density at radius 1 is 1.12 bits per heavy atom. The van der Waals surface area contributed by atoms with Crippen LogP contribution in [0.25, 0.3) is 0 Å². The normalized spacial score (nSPS) is 14.7. The second-order valence-corrected chi connectivity index (χ2v) is 6.13. The van der Waals surface area contributed by atoms with Crippen molar-refractivity contribution >= 4 is 17.5 Å². The number of anilines is 1. The predicted octanol–water partition coefficient (Wildman–Crippen LogP) is 1.95. The van der Waals surface area contributed by atoms with Gasteiger partial charge in [0, 0.05) is 36.1 Å². The molecule has 3 N–H and O–H groups in total. The van der Waals surface area contributed by atoms with Crippen LogP contribution in [0.3, 0.4) is 0 Å². The van der Waals surface area contributed by atoms with Crippen molar-refractivity contribution in [2.24, 2.45) is 5.92 Å². The molecule has 25 heavy (non-hydrogen) atoms. The molecule has 0 spiro atoms. The van der Waals surface area contributed by atoms with Gasteiger partial charge >= 0.3 is 0 Å². The van der Waals surface area contributed by atoms with Crippen LogP contribution in [0, 0.1) is 5.92 Å². The largest absolute Gasteiger partial charge is 0.352 e. The Kier molecular flexibility index (Phi) is 5.74. The van der Waals surface area contributed by atoms with E-state index in [0.717, 1.165) is 31.5 Å². The smallest absolute Gasteiger partial charge is 0.255 e. The van der Waals surface area contributed by atoms with Gasteiger partial charge in [-0.1, -0.05) is 12.1 Å². The number of nitrogens with one attached hydrogen (secondary N) is 3. The SMILES string of the molecule is O=C(Nc1cccc(CNC(=O)C2CCNCC2)c1)c1ccncc1. The van der Waals surface area contributed by atoms with E-state index in [1.54, 1.807) is 24.5 Å². The number of hydrogen-bond acceptors (Lipinski definition) is 4. The van der Waals surface area contributed by atoms with Crippen LogP contribution in [-0.4, -0.2) is 29.9 Å². The predicted molar refractivity (Wildman–Crippen MR) is 96.1 cm³/mol. The highest BCUT2D eigenvalue weighted by Crippen LogP contribution is 2.14. The average molecular weight is 338 g/mol. The maximum absolute atomic E-state index is 12.2. The van der Waals surface area contributed by atoms with Gasteiger partial charge in [-0.05, 0) is 55.8 Å². The second-order valence-electron chi connectivity index (χ2n) is 6.13. The molecule has 1 aromatic heterocycles. The van der Waals surface area contributed by atoms with Crippen LogP contribution in [0.4, 0.5) is 5.69 Å². The van der Waals surface area contributed by atoms with Crippen molar-refractivity contribution in [3.63, 3.8) is 0 Å². The average Bonchev–Trinajstić information content (AvgIpc) is 2.68. The van der Waals surface area contributed by atoms with E-state index in [4.69, 9.17) is 0 Å². The fraction of sp³-hybridized carbons (Fsp3) is 0.316. The maximum Gasteiger partial charge on any atom is 0.255 e. The first-order chi connectivity index (χ1) is 12.2. The van der Waals surface area contributed by atoms with Crippen molar-refractivity contribution < 1.29 is 9.59 Å². The van der Waals surface area contributed by atoms with Crippen LogP contribution < -0.4 is 16.0 Å². The van der Waals surface area contributed by atoms with Gasteiger partial charge in [0.05, 0.1) is 0 Å². The van der Waals surface area contributed by atoms with Gasteiger partial charge in [-0.15, -0.1) is 0 Å². The van der Waals surface area contributed by atoms with Crippen molar-refractivity contribution in [2.75, 3.05) is 18.4 Å². The van der Waals surface area contributed by atoms with Crippen LogP contribution in [0.1, 0.15) is 28.8 Å². The standard InChI is InChI=1S/C19H22N4O2/c24-18(15-4-8-20-9-5-15)22-13-14-2-1-3-17(12-14)23-19(25)16-6-10-21-11-7-16/h1-3,6-7,10-12,15,20H,4-5,8-9,13H2,(H,22,24)(H,23,25). The summed E-state index contributed by atoms with van der Waals surface area (Å²) < 4.78 is 0. The molecule has 3 rings (SSSR count). The van der Waals surface area contributed by atoms with E-state index in [0.29, 0.717) is 17.8 Å². The van der Waals surface area contributed by atoms with Gasteiger partial charge in [-0.2, -0.15) is 0 Å². The summed E-state index contributed by atoms with van der Waals surface area (Å²) in [5, 5.41) is 9.11. The quantitative estimate of drug-likeness (QED) is 0.778. The number of piperidine rings is 1. The summed E-state index contributed by atoms with van der Waals surface area (Å²) in [5.74, 6) is 0.0156. The molecule has 1 aliphatic heterocycles. The molecular weight excluding hydrogens is 316 g/mol. The van der Waals surface area contributed by atoms with Gasteiger partial charge in [0.25, 0.3) is 5.91 Å². The summed E-state index contributed by atoms with van der Waals surface area (Å²) in [6.45, 7) is 2.25. The number of amides is 2. The van der Waals surface area contributed by atoms with E-state index in [-0.39, 0.29) is 17.7 Å². The molecular formula is C19H22N4O2. The fourth-order valence-corrected chi connectivity index (χ4v) is 2.88. The molecule has 0 unspecified atom stereocenters. The molecule has 2 heterocycles. The second kappa shape index (κ2) is 8.39. The molecule has 130 valence electrons. The minimum atomic E-state index is -0.182. The molecule has 0 saturated carbocycles. The van der Waals surface area contributed by atoms with E-state index in [9.17, 15) is 9.59 Å². The Hall–Kier alpha value is -2.73. The monoisotopic (exact) mass is 338 g/mol. The van der Waals surface area contributed by atoms with Crippen molar-refractivity contribution in [1.29, 1.82) is 0 Å². The third kappa shape index (κ3) is 4.87. The molecule has 0 radical (unpaired) electrons. The van der Waals surface area contributed by atoms with Crippen LogP contribution in [0.5, 0.6) is 0 Å². The lowest BCUT2D eigenvalue weighted by Crippen LogP contribution is -2.37. The number of nitrogens with zero attached hydrogens (tertiary/aromatic N) is 1. The van der Waals surface area contributed by atoms with E-state index < -0.39 is 0 Å². The zero-order chi connectivity index (χ0) is 17.5. The van der Waals surface area contributed by atoms with Crippen LogP contribution >= 0.6 is 0 Å². The molecule has 0 bridgehead atoms. The molecule has 0 atom stereocenters. The Morgan fingerprint density at radius 3 is 2.64 bits per heavy atom. The zero-order valence-electron chi connectivity index (χ0n) is 14.0. The molecule has 2 aromatic rings. The summed E-state index contributed by atoms with van der Waals surface area (Å²) in [7, 11) is 0. The molecule has 1 saturated heterocycles.